The number of hydrogen-bond acceptors (Lipinski definition) is 6. The highest BCUT2D eigenvalue weighted by molar-refractivity contribution is 9.10. The van der Waals surface area contributed by atoms with E-state index >= 15 is 0 Å². The minimum absolute atomic E-state index is 0.416. The summed E-state index contributed by atoms with van der Waals surface area (Å²) in [5, 5.41) is 7.42. The Bertz CT molecular complexity index is 847. The molecule has 8 heteroatoms. The number of aromatic nitrogens is 3. The maximum atomic E-state index is 12.5. The molecule has 0 saturated carbocycles. The van der Waals surface area contributed by atoms with Crippen molar-refractivity contribution in [2.45, 2.75) is 32.7 Å². The fourth-order valence-corrected chi connectivity index (χ4v) is 3.32. The fourth-order valence-electron chi connectivity index (χ4n) is 2.94. The highest BCUT2D eigenvalue weighted by Crippen LogP contribution is 2.40. The van der Waals surface area contributed by atoms with Gasteiger partial charge in [0.05, 0.1) is 19.3 Å². The first kappa shape index (κ1) is 18.4. The third-order valence-electron chi connectivity index (χ3n) is 4.22. The first-order valence-corrected chi connectivity index (χ1v) is 9.24. The highest BCUT2D eigenvalue weighted by atomic mass is 79.9. The van der Waals surface area contributed by atoms with Gasteiger partial charge in [-0.1, -0.05) is 29.3 Å². The minimum atomic E-state index is -0.490. The average molecular weight is 421 g/mol. The number of hydrogen-bond donors (Lipinski definition) is 1. The number of methoxy groups -OCH3 is 1. The number of ether oxygens (including phenoxy) is 2. The van der Waals surface area contributed by atoms with Crippen LogP contribution < -0.4 is 10.1 Å². The Labute approximate surface area is 160 Å². The summed E-state index contributed by atoms with van der Waals surface area (Å²) in [6.07, 6.45) is 3.45. The summed E-state index contributed by atoms with van der Waals surface area (Å²) in [4.78, 5) is 16.7. The quantitative estimate of drug-likeness (QED) is 0.567. The van der Waals surface area contributed by atoms with Crippen LogP contribution in [0.3, 0.4) is 0 Å². The number of rotatable bonds is 6. The van der Waals surface area contributed by atoms with E-state index < -0.39 is 12.0 Å². The molecular formula is C18H21BrN4O3. The predicted molar refractivity (Wildman–Crippen MR) is 101 cm³/mol. The summed E-state index contributed by atoms with van der Waals surface area (Å²) in [7, 11) is 1.37. The van der Waals surface area contributed by atoms with Crippen LogP contribution >= 0.6 is 15.9 Å². The monoisotopic (exact) mass is 420 g/mol. The van der Waals surface area contributed by atoms with Crippen LogP contribution in [0.15, 0.2) is 40.3 Å². The summed E-state index contributed by atoms with van der Waals surface area (Å²) in [5.41, 5.74) is 1.98. The summed E-state index contributed by atoms with van der Waals surface area (Å²) < 4.78 is 13.6. The van der Waals surface area contributed by atoms with Crippen molar-refractivity contribution >= 4 is 27.8 Å². The maximum absolute atomic E-state index is 12.5. The van der Waals surface area contributed by atoms with E-state index in [4.69, 9.17) is 9.47 Å². The van der Waals surface area contributed by atoms with Crippen molar-refractivity contribution in [3.8, 4) is 5.75 Å². The maximum Gasteiger partial charge on any atom is 0.338 e. The second-order valence-electron chi connectivity index (χ2n) is 5.97. The van der Waals surface area contributed by atoms with E-state index in [0.717, 1.165) is 22.9 Å². The van der Waals surface area contributed by atoms with Crippen LogP contribution in [0.2, 0.25) is 0 Å². The van der Waals surface area contributed by atoms with Gasteiger partial charge in [-0.2, -0.15) is 10.1 Å². The standard InChI is InChI=1S/C18H21BrN4O3/c1-4-5-8-26-14-7-6-12(19)9-13(14)16-15(17(24)25-3)11(2)22-18-20-10-21-23(16)18/h6-7,9-10,16H,4-5,8H2,1-3H3,(H,20,21,22). The number of benzene rings is 1. The zero-order valence-electron chi connectivity index (χ0n) is 15.0. The molecule has 0 radical (unpaired) electrons. The van der Waals surface area contributed by atoms with Gasteiger partial charge < -0.3 is 14.8 Å². The lowest BCUT2D eigenvalue weighted by Crippen LogP contribution is -2.29. The lowest BCUT2D eigenvalue weighted by Gasteiger charge is -2.29. The van der Waals surface area contributed by atoms with Crippen LogP contribution in [0.5, 0.6) is 5.75 Å². The lowest BCUT2D eigenvalue weighted by atomic mass is 9.95. The van der Waals surface area contributed by atoms with Crippen molar-refractivity contribution in [1.29, 1.82) is 0 Å². The number of carbonyl (C=O) groups is 1. The number of esters is 1. The number of allylic oxidation sites excluding steroid dienone is 1. The van der Waals surface area contributed by atoms with Gasteiger partial charge in [-0.3, -0.25) is 0 Å². The molecule has 0 spiro atoms. The van der Waals surface area contributed by atoms with Crippen LogP contribution in [0.1, 0.15) is 38.3 Å². The lowest BCUT2D eigenvalue weighted by molar-refractivity contribution is -0.136. The van der Waals surface area contributed by atoms with Crippen LogP contribution in [-0.2, 0) is 9.53 Å². The molecule has 26 heavy (non-hydrogen) atoms. The average Bonchev–Trinajstić information content (AvgIpc) is 3.09. The van der Waals surface area contributed by atoms with Crippen LogP contribution in [0.25, 0.3) is 0 Å². The van der Waals surface area contributed by atoms with Gasteiger partial charge in [0.15, 0.2) is 0 Å². The molecule has 1 N–H and O–H groups in total. The van der Waals surface area contributed by atoms with Crippen LogP contribution in [0, 0.1) is 0 Å². The number of carbonyl (C=O) groups excluding carboxylic acids is 1. The smallest absolute Gasteiger partial charge is 0.338 e. The summed E-state index contributed by atoms with van der Waals surface area (Å²) in [5.74, 6) is 0.865. The molecule has 2 aromatic rings. The zero-order chi connectivity index (χ0) is 18.7. The second kappa shape index (κ2) is 7.90. The molecule has 2 heterocycles. The Morgan fingerprint density at radius 1 is 1.42 bits per heavy atom. The summed E-state index contributed by atoms with van der Waals surface area (Å²) >= 11 is 3.52. The van der Waals surface area contributed by atoms with E-state index in [2.05, 4.69) is 38.3 Å². The molecule has 1 aromatic heterocycles. The Morgan fingerprint density at radius 2 is 2.23 bits per heavy atom. The largest absolute Gasteiger partial charge is 0.493 e. The number of anilines is 1. The molecular weight excluding hydrogens is 400 g/mol. The van der Waals surface area contributed by atoms with E-state index in [9.17, 15) is 4.79 Å². The first-order chi connectivity index (χ1) is 12.6. The Morgan fingerprint density at radius 3 is 2.96 bits per heavy atom. The molecule has 1 unspecified atom stereocenters. The van der Waals surface area contributed by atoms with Crippen molar-refractivity contribution in [1.82, 2.24) is 14.8 Å². The topological polar surface area (TPSA) is 78.3 Å². The van der Waals surface area contributed by atoms with Gasteiger partial charge in [-0.15, -0.1) is 0 Å². The normalized spacial score (nSPS) is 16.1. The van der Waals surface area contributed by atoms with Gasteiger partial charge in [0.25, 0.3) is 0 Å². The molecule has 3 rings (SSSR count). The van der Waals surface area contributed by atoms with Gasteiger partial charge in [0.1, 0.15) is 18.1 Å². The van der Waals surface area contributed by atoms with Gasteiger partial charge in [-0.25, -0.2) is 9.48 Å². The highest BCUT2D eigenvalue weighted by Gasteiger charge is 2.35. The van der Waals surface area contributed by atoms with E-state index in [0.29, 0.717) is 29.6 Å². The molecule has 0 aliphatic carbocycles. The van der Waals surface area contributed by atoms with Gasteiger partial charge in [0.2, 0.25) is 5.95 Å². The second-order valence-corrected chi connectivity index (χ2v) is 6.89. The number of unbranched alkanes of at least 4 members (excludes halogenated alkanes) is 1. The summed E-state index contributed by atoms with van der Waals surface area (Å²) in [6, 6.07) is 5.27. The molecule has 1 aromatic carbocycles. The molecule has 0 saturated heterocycles. The third kappa shape index (κ3) is 3.46. The third-order valence-corrected chi connectivity index (χ3v) is 4.71. The SMILES string of the molecule is CCCCOc1ccc(Br)cc1C1C(C(=O)OC)=C(C)Nc2ncnn21. The van der Waals surface area contributed by atoms with Crippen molar-refractivity contribution < 1.29 is 14.3 Å². The van der Waals surface area contributed by atoms with Gasteiger partial charge >= 0.3 is 5.97 Å². The van der Waals surface area contributed by atoms with E-state index in [1.165, 1.54) is 13.4 Å². The first-order valence-electron chi connectivity index (χ1n) is 8.44. The molecule has 138 valence electrons. The molecule has 7 nitrogen and oxygen atoms in total. The number of nitrogens with zero attached hydrogens (tertiary/aromatic N) is 3. The van der Waals surface area contributed by atoms with Crippen molar-refractivity contribution in [3.63, 3.8) is 0 Å². The Hall–Kier alpha value is -2.35. The molecule has 1 aliphatic rings. The van der Waals surface area contributed by atoms with E-state index in [1.54, 1.807) is 4.68 Å². The van der Waals surface area contributed by atoms with Crippen LogP contribution in [0.4, 0.5) is 5.95 Å². The zero-order valence-corrected chi connectivity index (χ0v) is 16.5. The molecule has 1 atom stereocenters. The molecule has 0 fully saturated rings. The number of fused-ring (bicyclic) bond motifs is 1. The predicted octanol–water partition coefficient (Wildman–Crippen LogP) is 3.68. The molecule has 0 bridgehead atoms. The minimum Gasteiger partial charge on any atom is -0.493 e. The van der Waals surface area contributed by atoms with Crippen molar-refractivity contribution in [2.24, 2.45) is 0 Å². The van der Waals surface area contributed by atoms with E-state index in [1.807, 2.05) is 25.1 Å². The van der Waals surface area contributed by atoms with Crippen LogP contribution in [-0.4, -0.2) is 34.5 Å². The Kier molecular flexibility index (Phi) is 5.61. The van der Waals surface area contributed by atoms with Crippen molar-refractivity contribution in [3.05, 3.63) is 45.8 Å². The van der Waals surface area contributed by atoms with E-state index in [-0.39, 0.29) is 0 Å². The van der Waals surface area contributed by atoms with Gasteiger partial charge in [-0.05, 0) is 31.5 Å². The Balaban J connectivity index is 2.13. The molecule has 1 aliphatic heterocycles. The van der Waals surface area contributed by atoms with Crippen molar-refractivity contribution in [2.75, 3.05) is 19.0 Å². The molecule has 0 amide bonds. The van der Waals surface area contributed by atoms with Gasteiger partial charge in [0, 0.05) is 15.7 Å². The summed E-state index contributed by atoms with van der Waals surface area (Å²) in [6.45, 7) is 4.55. The number of nitrogens with one attached hydrogen (secondary N) is 1. The fraction of sp³-hybridized carbons (Fsp3) is 0.389. The number of halogens is 1.